The van der Waals surface area contributed by atoms with Gasteiger partial charge >= 0.3 is 0 Å². The number of carbonyl (C=O) groups excluding carboxylic acids is 1. The van der Waals surface area contributed by atoms with E-state index in [0.717, 1.165) is 22.7 Å². The van der Waals surface area contributed by atoms with Crippen LogP contribution in [0, 0.1) is 11.6 Å². The number of hydrogen-bond donors (Lipinski definition) is 1. The Kier molecular flexibility index (Phi) is 7.01. The molecule has 2 rings (SSSR count). The Labute approximate surface area is 168 Å². The van der Waals surface area contributed by atoms with E-state index in [1.54, 1.807) is 13.8 Å². The molecule has 2 aromatic carbocycles. The topological polar surface area (TPSA) is 66.5 Å². The average molecular weight is 431 g/mol. The molecule has 0 saturated carbocycles. The van der Waals surface area contributed by atoms with Crippen LogP contribution in [0.25, 0.3) is 0 Å². The van der Waals surface area contributed by atoms with Gasteiger partial charge in [0.15, 0.2) is 0 Å². The van der Waals surface area contributed by atoms with Crippen LogP contribution in [-0.2, 0) is 14.8 Å². The van der Waals surface area contributed by atoms with Gasteiger partial charge in [-0.05, 0) is 49.2 Å². The Bertz CT molecular complexity index is 952. The summed E-state index contributed by atoms with van der Waals surface area (Å²) in [5.41, 5.74) is 0.755. The lowest BCUT2D eigenvalue weighted by Crippen LogP contribution is -2.49. The van der Waals surface area contributed by atoms with Gasteiger partial charge in [-0.3, -0.25) is 9.10 Å². The van der Waals surface area contributed by atoms with E-state index in [1.807, 2.05) is 0 Å². The third-order valence-corrected chi connectivity index (χ3v) is 5.69. The van der Waals surface area contributed by atoms with Crippen LogP contribution in [0.4, 0.5) is 14.5 Å². The van der Waals surface area contributed by atoms with Crippen molar-refractivity contribution in [1.82, 2.24) is 5.32 Å². The van der Waals surface area contributed by atoms with Gasteiger partial charge in [0, 0.05) is 0 Å². The summed E-state index contributed by atoms with van der Waals surface area (Å²) >= 11 is 5.78. The number of amides is 1. The Hall–Kier alpha value is -2.19. The Balaban J connectivity index is 2.33. The maximum absolute atomic E-state index is 13.5. The maximum Gasteiger partial charge on any atom is 0.244 e. The molecule has 0 saturated heterocycles. The summed E-state index contributed by atoms with van der Waals surface area (Å²) in [6, 6.07) is 7.54. The molecule has 0 fully saturated rings. The molecule has 0 aliphatic heterocycles. The lowest BCUT2D eigenvalue weighted by molar-refractivity contribution is -0.122. The molecule has 9 heteroatoms. The zero-order chi connectivity index (χ0) is 21.1. The van der Waals surface area contributed by atoms with Gasteiger partial charge in [0.2, 0.25) is 15.9 Å². The van der Waals surface area contributed by atoms with Gasteiger partial charge in [0.05, 0.1) is 23.0 Å². The molecule has 0 aliphatic rings. The van der Waals surface area contributed by atoms with Crippen LogP contribution in [-0.4, -0.2) is 26.6 Å². The second-order valence-electron chi connectivity index (χ2n) is 6.36. The molecule has 5 nitrogen and oxygen atoms in total. The van der Waals surface area contributed by atoms with Crippen LogP contribution in [0.2, 0.25) is 5.02 Å². The fourth-order valence-corrected chi connectivity index (χ4v) is 4.21. The van der Waals surface area contributed by atoms with Crippen LogP contribution in [0.1, 0.15) is 31.9 Å². The van der Waals surface area contributed by atoms with Crippen molar-refractivity contribution in [2.75, 3.05) is 10.6 Å². The average Bonchev–Trinajstić information content (AvgIpc) is 2.61. The standard InChI is InChI=1S/C19H21ClF2N2O3S/c1-4-18(19(25)23-12(2)13-5-7-14(21)8-6-13)24(28(3,26)27)15-9-10-17(22)16(20)11-15/h5-12,18H,4H2,1-3H3,(H,23,25)/t12-,18-/m1/s1. The highest BCUT2D eigenvalue weighted by Crippen LogP contribution is 2.27. The molecule has 2 aromatic rings. The molecule has 28 heavy (non-hydrogen) atoms. The third-order valence-electron chi connectivity index (χ3n) is 4.22. The molecule has 0 aromatic heterocycles. The van der Waals surface area contributed by atoms with Crippen molar-refractivity contribution in [2.24, 2.45) is 0 Å². The van der Waals surface area contributed by atoms with E-state index in [2.05, 4.69) is 5.32 Å². The molecule has 0 aliphatic carbocycles. The molecular weight excluding hydrogens is 410 g/mol. The van der Waals surface area contributed by atoms with Crippen molar-refractivity contribution in [2.45, 2.75) is 32.4 Å². The highest BCUT2D eigenvalue weighted by Gasteiger charge is 2.32. The first-order valence-corrected chi connectivity index (χ1v) is 10.8. The Morgan fingerprint density at radius 1 is 1.18 bits per heavy atom. The Morgan fingerprint density at radius 2 is 1.79 bits per heavy atom. The molecular formula is C19H21ClF2N2O3S. The first-order valence-electron chi connectivity index (χ1n) is 8.55. The van der Waals surface area contributed by atoms with E-state index in [-0.39, 0.29) is 17.1 Å². The fourth-order valence-electron chi connectivity index (χ4n) is 2.83. The number of nitrogens with zero attached hydrogens (tertiary/aromatic N) is 1. The van der Waals surface area contributed by atoms with Gasteiger partial charge in [-0.25, -0.2) is 17.2 Å². The number of anilines is 1. The molecule has 152 valence electrons. The van der Waals surface area contributed by atoms with E-state index in [0.29, 0.717) is 5.56 Å². The molecule has 0 bridgehead atoms. The zero-order valence-corrected chi connectivity index (χ0v) is 17.2. The molecule has 1 N–H and O–H groups in total. The van der Waals surface area contributed by atoms with Gasteiger partial charge in [-0.15, -0.1) is 0 Å². The summed E-state index contributed by atoms with van der Waals surface area (Å²) in [4.78, 5) is 12.8. The molecule has 0 radical (unpaired) electrons. The number of carbonyl (C=O) groups is 1. The predicted molar refractivity (Wildman–Crippen MR) is 106 cm³/mol. The third kappa shape index (κ3) is 5.20. The summed E-state index contributed by atoms with van der Waals surface area (Å²) in [7, 11) is -3.87. The van der Waals surface area contributed by atoms with Crippen molar-refractivity contribution in [3.8, 4) is 0 Å². The van der Waals surface area contributed by atoms with E-state index in [1.165, 1.54) is 30.3 Å². The largest absolute Gasteiger partial charge is 0.348 e. The van der Waals surface area contributed by atoms with E-state index >= 15 is 0 Å². The minimum Gasteiger partial charge on any atom is -0.348 e. The van der Waals surface area contributed by atoms with Crippen LogP contribution >= 0.6 is 11.6 Å². The molecule has 1 amide bonds. The van der Waals surface area contributed by atoms with E-state index in [9.17, 15) is 22.0 Å². The molecule has 0 heterocycles. The molecule has 0 unspecified atom stereocenters. The summed E-state index contributed by atoms with van der Waals surface area (Å²) in [6.07, 6.45) is 1.13. The summed E-state index contributed by atoms with van der Waals surface area (Å²) in [5, 5.41) is 2.49. The summed E-state index contributed by atoms with van der Waals surface area (Å²) in [5.74, 6) is -1.63. The first kappa shape index (κ1) is 22.1. The number of benzene rings is 2. The number of sulfonamides is 1. The minimum absolute atomic E-state index is 0.0883. The predicted octanol–water partition coefficient (Wildman–Crippen LogP) is 4.04. The number of hydrogen-bond acceptors (Lipinski definition) is 3. The van der Waals surface area contributed by atoms with Crippen LogP contribution < -0.4 is 9.62 Å². The van der Waals surface area contributed by atoms with E-state index < -0.39 is 39.6 Å². The maximum atomic E-state index is 13.5. The van der Waals surface area contributed by atoms with Crippen molar-refractivity contribution < 1.29 is 22.0 Å². The van der Waals surface area contributed by atoms with Crippen molar-refractivity contribution in [3.63, 3.8) is 0 Å². The van der Waals surface area contributed by atoms with Gasteiger partial charge < -0.3 is 5.32 Å². The first-order chi connectivity index (χ1) is 13.0. The lowest BCUT2D eigenvalue weighted by atomic mass is 10.1. The number of rotatable bonds is 7. The highest BCUT2D eigenvalue weighted by atomic mass is 35.5. The second-order valence-corrected chi connectivity index (χ2v) is 8.63. The Morgan fingerprint density at radius 3 is 2.29 bits per heavy atom. The van der Waals surface area contributed by atoms with Gasteiger partial charge in [-0.1, -0.05) is 30.7 Å². The van der Waals surface area contributed by atoms with Crippen molar-refractivity contribution in [1.29, 1.82) is 0 Å². The van der Waals surface area contributed by atoms with Gasteiger partial charge in [0.1, 0.15) is 17.7 Å². The zero-order valence-electron chi connectivity index (χ0n) is 15.6. The SMILES string of the molecule is CC[C@H](C(=O)N[C@H](C)c1ccc(F)cc1)N(c1ccc(F)c(Cl)c1)S(C)(=O)=O. The van der Waals surface area contributed by atoms with Crippen molar-refractivity contribution >= 4 is 33.2 Å². The highest BCUT2D eigenvalue weighted by molar-refractivity contribution is 7.92. The molecule has 2 atom stereocenters. The monoisotopic (exact) mass is 430 g/mol. The van der Waals surface area contributed by atoms with Crippen molar-refractivity contribution in [3.05, 3.63) is 64.7 Å². The summed E-state index contributed by atoms with van der Waals surface area (Å²) in [6.45, 7) is 3.37. The van der Waals surface area contributed by atoms with Gasteiger partial charge in [-0.2, -0.15) is 0 Å². The second kappa shape index (κ2) is 8.87. The van der Waals surface area contributed by atoms with E-state index in [4.69, 9.17) is 11.6 Å². The van der Waals surface area contributed by atoms with Crippen LogP contribution in [0.15, 0.2) is 42.5 Å². The summed E-state index contributed by atoms with van der Waals surface area (Å²) < 4.78 is 52.3. The smallest absolute Gasteiger partial charge is 0.244 e. The van der Waals surface area contributed by atoms with Crippen LogP contribution in [0.3, 0.4) is 0 Å². The quantitative estimate of drug-likeness (QED) is 0.720. The minimum atomic E-state index is -3.87. The molecule has 0 spiro atoms. The lowest BCUT2D eigenvalue weighted by Gasteiger charge is -2.31. The number of halogens is 3. The number of nitrogens with one attached hydrogen (secondary N) is 1. The fraction of sp³-hybridized carbons (Fsp3) is 0.316. The normalized spacial score (nSPS) is 13.6. The van der Waals surface area contributed by atoms with Crippen LogP contribution in [0.5, 0.6) is 0 Å². The van der Waals surface area contributed by atoms with Gasteiger partial charge in [0.25, 0.3) is 0 Å².